The molecule has 0 bridgehead atoms. The molecule has 2 rings (SSSR count). The minimum absolute atomic E-state index is 0.797. The summed E-state index contributed by atoms with van der Waals surface area (Å²) >= 11 is 0. The number of hydrogen-bond donors (Lipinski definition) is 0. The Bertz CT molecular complexity index is 637. The van der Waals surface area contributed by atoms with Crippen molar-refractivity contribution in [2.75, 3.05) is 0 Å². The topological polar surface area (TPSA) is 12.9 Å². The molecule has 0 N–H and O–H groups in total. The molecule has 1 heterocycles. The van der Waals surface area contributed by atoms with Gasteiger partial charge in [0.25, 0.3) is 0 Å². The van der Waals surface area contributed by atoms with E-state index in [9.17, 15) is 0 Å². The van der Waals surface area contributed by atoms with E-state index in [2.05, 4.69) is 16.8 Å². The van der Waals surface area contributed by atoms with Crippen molar-refractivity contribution >= 4 is 0 Å². The molecule has 0 fully saturated rings. The largest absolute Gasteiger partial charge is 0.245 e. The van der Waals surface area contributed by atoms with Gasteiger partial charge < -0.3 is 0 Å². The Morgan fingerprint density at radius 3 is 1.95 bits per heavy atom. The molecule has 0 saturated heterocycles. The highest BCUT2D eigenvalue weighted by atomic mass is 14.7. The van der Waals surface area contributed by atoms with Gasteiger partial charge in [0.1, 0.15) is 5.69 Å². The highest BCUT2D eigenvalue weighted by Gasteiger charge is 1.88. The van der Waals surface area contributed by atoms with E-state index in [1.807, 2.05) is 79.7 Å². The summed E-state index contributed by atoms with van der Waals surface area (Å²) in [4.78, 5) is 4.36. The summed E-state index contributed by atoms with van der Waals surface area (Å²) in [6.07, 6.45) is 0. The number of hydrogen-bond acceptors (Lipinski definition) is 1. The van der Waals surface area contributed by atoms with Gasteiger partial charge >= 0.3 is 0 Å². The van der Waals surface area contributed by atoms with Crippen LogP contribution in [0.3, 0.4) is 0 Å². The molecule has 2 aromatic rings. The van der Waals surface area contributed by atoms with Crippen LogP contribution in [0, 0.1) is 18.8 Å². The van der Waals surface area contributed by atoms with Gasteiger partial charge in [0.05, 0.1) is 0 Å². The summed E-state index contributed by atoms with van der Waals surface area (Å²) in [7, 11) is 0. The van der Waals surface area contributed by atoms with Gasteiger partial charge in [-0.15, -0.1) is 0 Å². The van der Waals surface area contributed by atoms with Crippen molar-refractivity contribution in [2.45, 2.75) is 6.92 Å². The number of nitrogens with zero attached hydrogens (tertiary/aromatic N) is 1. The fourth-order valence-electron chi connectivity index (χ4n) is 1.53. The van der Waals surface area contributed by atoms with E-state index in [4.69, 9.17) is 0 Å². The van der Waals surface area contributed by atoms with Crippen LogP contribution >= 0.6 is 0 Å². The van der Waals surface area contributed by atoms with Crippen molar-refractivity contribution in [3.63, 3.8) is 0 Å². The molecule has 0 spiro atoms. The maximum atomic E-state index is 4.36. The van der Waals surface area contributed by atoms with Gasteiger partial charge in [0.15, 0.2) is 0 Å². The minimum Gasteiger partial charge on any atom is -0.245 e. The lowest BCUT2D eigenvalue weighted by atomic mass is 10.2. The van der Waals surface area contributed by atoms with Gasteiger partial charge in [-0.05, 0) is 37.1 Å². The Kier molecular flexibility index (Phi) is 4.72. The molecule has 0 amide bonds. The molecule has 0 aliphatic carbocycles. The summed E-state index contributed by atoms with van der Waals surface area (Å²) in [6, 6.07) is 23.7. The lowest BCUT2D eigenvalue weighted by Crippen LogP contribution is -1.84. The normalized spacial score (nSPS) is 8.89. The standard InChI is InChI=1S/C18H15N/c1-16-10-9-13-18(19-16)15-14-17-11-7-5-3-2-4-6-8-12-17/h2-13H,1H3. The molecule has 0 aliphatic rings. The third-order valence-corrected chi connectivity index (χ3v) is 2.44. The molecule has 0 unspecified atom stereocenters. The number of aromatic nitrogens is 1. The van der Waals surface area contributed by atoms with Gasteiger partial charge in [0.2, 0.25) is 0 Å². The van der Waals surface area contributed by atoms with Crippen molar-refractivity contribution in [2.24, 2.45) is 0 Å². The Morgan fingerprint density at radius 1 is 0.684 bits per heavy atom. The maximum absolute atomic E-state index is 4.36. The van der Waals surface area contributed by atoms with Crippen molar-refractivity contribution in [1.29, 1.82) is 0 Å². The minimum atomic E-state index is 0.797. The molecule has 0 aliphatic heterocycles. The summed E-state index contributed by atoms with van der Waals surface area (Å²) in [5, 5.41) is 0. The molecule has 1 nitrogen and oxygen atoms in total. The molecule has 0 radical (unpaired) electrons. The summed E-state index contributed by atoms with van der Waals surface area (Å²) in [6.45, 7) is 1.97. The molecular weight excluding hydrogens is 230 g/mol. The zero-order valence-corrected chi connectivity index (χ0v) is 10.9. The van der Waals surface area contributed by atoms with E-state index < -0.39 is 0 Å². The second-order valence-electron chi connectivity index (χ2n) is 4.05. The van der Waals surface area contributed by atoms with Crippen LogP contribution < -0.4 is 0 Å². The van der Waals surface area contributed by atoms with Crippen LogP contribution in [0.4, 0.5) is 0 Å². The van der Waals surface area contributed by atoms with Crippen LogP contribution in [-0.4, -0.2) is 4.98 Å². The number of aryl methyl sites for hydroxylation is 1. The van der Waals surface area contributed by atoms with Crippen molar-refractivity contribution in [3.05, 3.63) is 89.7 Å². The lowest BCUT2D eigenvalue weighted by Gasteiger charge is -1.91. The summed E-state index contributed by atoms with van der Waals surface area (Å²) in [5.41, 5.74) is 2.74. The van der Waals surface area contributed by atoms with Gasteiger partial charge in [-0.3, -0.25) is 0 Å². The second-order valence-corrected chi connectivity index (χ2v) is 4.05. The third-order valence-electron chi connectivity index (χ3n) is 2.44. The predicted molar refractivity (Wildman–Crippen MR) is 79.0 cm³/mol. The van der Waals surface area contributed by atoms with Crippen molar-refractivity contribution < 1.29 is 0 Å². The van der Waals surface area contributed by atoms with Crippen molar-refractivity contribution in [1.82, 2.24) is 4.98 Å². The van der Waals surface area contributed by atoms with E-state index >= 15 is 0 Å². The van der Waals surface area contributed by atoms with E-state index in [1.165, 1.54) is 0 Å². The van der Waals surface area contributed by atoms with Crippen LogP contribution in [0.15, 0.2) is 72.8 Å². The highest BCUT2D eigenvalue weighted by molar-refractivity contribution is 5.39. The molecule has 92 valence electrons. The zero-order valence-electron chi connectivity index (χ0n) is 10.9. The first-order chi connectivity index (χ1) is 9.34. The number of rotatable bonds is 0. The van der Waals surface area contributed by atoms with Gasteiger partial charge in [-0.1, -0.05) is 54.5 Å². The summed E-state index contributed by atoms with van der Waals surface area (Å²) < 4.78 is 0. The zero-order chi connectivity index (χ0) is 13.3. The average Bonchev–Trinajstić information content (AvgIpc) is 2.43. The van der Waals surface area contributed by atoms with Gasteiger partial charge in [-0.2, -0.15) is 0 Å². The highest BCUT2D eigenvalue weighted by Crippen LogP contribution is 1.97. The molecule has 19 heavy (non-hydrogen) atoms. The maximum Gasteiger partial charge on any atom is 0.113 e. The van der Waals surface area contributed by atoms with E-state index in [0.717, 1.165) is 17.0 Å². The molecule has 1 aromatic carbocycles. The smallest absolute Gasteiger partial charge is 0.113 e. The van der Waals surface area contributed by atoms with Crippen LogP contribution in [0.2, 0.25) is 0 Å². The Balaban J connectivity index is 2.34. The van der Waals surface area contributed by atoms with Crippen LogP contribution in [0.25, 0.3) is 0 Å². The van der Waals surface area contributed by atoms with Crippen LogP contribution in [0.5, 0.6) is 0 Å². The third kappa shape index (κ3) is 4.65. The molecule has 1 aromatic heterocycles. The van der Waals surface area contributed by atoms with Crippen LogP contribution in [0.1, 0.15) is 17.0 Å². The average molecular weight is 245 g/mol. The Hall–Kier alpha value is -2.59. The SMILES string of the molecule is Cc1cccc(C#Cc2ccccccccc2)n1. The fourth-order valence-corrected chi connectivity index (χ4v) is 1.53. The first kappa shape index (κ1) is 12.9. The van der Waals surface area contributed by atoms with Gasteiger partial charge in [-0.25, -0.2) is 4.98 Å². The quantitative estimate of drug-likeness (QED) is 0.641. The predicted octanol–water partition coefficient (Wildman–Crippen LogP) is 3.91. The van der Waals surface area contributed by atoms with E-state index in [0.29, 0.717) is 0 Å². The number of pyridine rings is 1. The molecule has 0 atom stereocenters. The van der Waals surface area contributed by atoms with Crippen molar-refractivity contribution in [3.8, 4) is 11.8 Å². The fraction of sp³-hybridized carbons (Fsp3) is 0.0556. The molecule has 0 saturated carbocycles. The monoisotopic (exact) mass is 245 g/mol. The lowest BCUT2D eigenvalue weighted by molar-refractivity contribution is 1.18. The van der Waals surface area contributed by atoms with Gasteiger partial charge in [0, 0.05) is 11.3 Å². The molecular formula is C18H15N. The second kappa shape index (κ2) is 6.98. The first-order valence-corrected chi connectivity index (χ1v) is 6.19. The first-order valence-electron chi connectivity index (χ1n) is 6.19. The van der Waals surface area contributed by atoms with E-state index in [1.54, 1.807) is 0 Å². The Morgan fingerprint density at radius 2 is 1.32 bits per heavy atom. The van der Waals surface area contributed by atoms with Crippen LogP contribution in [-0.2, 0) is 0 Å². The molecule has 1 heteroatoms. The summed E-state index contributed by atoms with van der Waals surface area (Å²) in [5.74, 6) is 6.22. The Labute approximate surface area is 114 Å². The van der Waals surface area contributed by atoms with E-state index in [-0.39, 0.29) is 0 Å².